The van der Waals surface area contributed by atoms with E-state index in [0.717, 1.165) is 31.1 Å². The maximum Gasteiger partial charge on any atom is 0.270 e. The normalized spacial score (nSPS) is 17.4. The molecule has 0 aromatic carbocycles. The summed E-state index contributed by atoms with van der Waals surface area (Å²) in [5.74, 6) is -0.122. The fraction of sp³-hybridized carbons (Fsp3) is 0.750. The van der Waals surface area contributed by atoms with Crippen molar-refractivity contribution in [2.45, 2.75) is 57.8 Å². The third-order valence-corrected chi connectivity index (χ3v) is 10.4. The van der Waals surface area contributed by atoms with Crippen molar-refractivity contribution in [3.63, 3.8) is 0 Å². The van der Waals surface area contributed by atoms with Crippen LogP contribution < -0.4 is 10.2 Å². The highest BCUT2D eigenvalue weighted by atomic mass is 32.1. The molecule has 1 amide bonds. The first-order valence-electron chi connectivity index (χ1n) is 8.24. The number of hydrogen-bond acceptors (Lipinski definition) is 5. The summed E-state index contributed by atoms with van der Waals surface area (Å²) in [6, 6.07) is 0. The Labute approximate surface area is 144 Å². The van der Waals surface area contributed by atoms with Gasteiger partial charge in [-0.05, 0) is 31.0 Å². The molecular formula is C16H29N3O2SSi. The molecule has 2 rings (SSSR count). The van der Waals surface area contributed by atoms with Crippen molar-refractivity contribution in [3.05, 3.63) is 11.1 Å². The quantitative estimate of drug-likeness (QED) is 0.840. The van der Waals surface area contributed by atoms with Gasteiger partial charge >= 0.3 is 0 Å². The molecule has 1 aliphatic rings. The molecule has 130 valence electrons. The topological polar surface area (TPSA) is 54.5 Å². The number of piperidine rings is 1. The lowest BCUT2D eigenvalue weighted by Gasteiger charge is -2.41. The fourth-order valence-corrected chi connectivity index (χ4v) is 4.68. The number of rotatable bonds is 4. The lowest BCUT2D eigenvalue weighted by molar-refractivity contribution is 0.0958. The Kier molecular flexibility index (Phi) is 5.53. The highest BCUT2D eigenvalue weighted by Gasteiger charge is 2.39. The molecule has 7 heteroatoms. The van der Waals surface area contributed by atoms with Crippen molar-refractivity contribution in [1.29, 1.82) is 0 Å². The summed E-state index contributed by atoms with van der Waals surface area (Å²) in [5, 5.41) is 5.63. The highest BCUT2D eigenvalue weighted by Crippen LogP contribution is 2.38. The second-order valence-corrected chi connectivity index (χ2v) is 13.3. The molecule has 0 bridgehead atoms. The Morgan fingerprint density at radius 3 is 2.52 bits per heavy atom. The van der Waals surface area contributed by atoms with Gasteiger partial charge in [0.1, 0.15) is 5.69 Å². The first-order chi connectivity index (χ1) is 10.6. The van der Waals surface area contributed by atoms with E-state index in [1.165, 1.54) is 0 Å². The van der Waals surface area contributed by atoms with Gasteiger partial charge in [-0.15, -0.1) is 11.3 Å². The van der Waals surface area contributed by atoms with E-state index < -0.39 is 8.32 Å². The van der Waals surface area contributed by atoms with Crippen LogP contribution in [0.5, 0.6) is 0 Å². The van der Waals surface area contributed by atoms with Crippen LogP contribution in [-0.2, 0) is 4.43 Å². The number of hydrogen-bond donors (Lipinski definition) is 1. The highest BCUT2D eigenvalue weighted by molar-refractivity contribution is 7.13. The van der Waals surface area contributed by atoms with Crippen LogP contribution in [0, 0.1) is 0 Å². The van der Waals surface area contributed by atoms with Gasteiger partial charge in [-0.1, -0.05) is 20.8 Å². The van der Waals surface area contributed by atoms with Crippen LogP contribution >= 0.6 is 11.3 Å². The van der Waals surface area contributed by atoms with Crippen LogP contribution in [0.3, 0.4) is 0 Å². The van der Waals surface area contributed by atoms with Gasteiger partial charge < -0.3 is 14.6 Å². The Morgan fingerprint density at radius 2 is 2.00 bits per heavy atom. The van der Waals surface area contributed by atoms with Crippen LogP contribution in [0.1, 0.15) is 44.1 Å². The smallest absolute Gasteiger partial charge is 0.270 e. The first kappa shape index (κ1) is 18.4. The van der Waals surface area contributed by atoms with E-state index in [1.807, 2.05) is 5.38 Å². The van der Waals surface area contributed by atoms with E-state index in [2.05, 4.69) is 49.1 Å². The number of carbonyl (C=O) groups is 1. The Balaban J connectivity index is 1.91. The van der Waals surface area contributed by atoms with Crippen molar-refractivity contribution in [2.75, 3.05) is 25.0 Å². The fourth-order valence-electron chi connectivity index (χ4n) is 2.40. The lowest BCUT2D eigenvalue weighted by atomic mass is 10.1. The third kappa shape index (κ3) is 4.33. The molecule has 1 fully saturated rings. The molecule has 0 saturated carbocycles. The number of thiazole rings is 1. The SMILES string of the molecule is CNC(=O)c1csc(N2CCC(O[Si](C)(C)C(C)(C)C)CC2)n1. The minimum atomic E-state index is -1.69. The zero-order valence-corrected chi connectivity index (χ0v) is 16.9. The Bertz CT molecular complexity index is 546. The number of carbonyl (C=O) groups excluding carboxylic acids is 1. The number of anilines is 1. The number of aromatic nitrogens is 1. The van der Waals surface area contributed by atoms with Gasteiger partial charge in [0.2, 0.25) is 0 Å². The summed E-state index contributed by atoms with van der Waals surface area (Å²) in [5.41, 5.74) is 0.507. The summed E-state index contributed by atoms with van der Waals surface area (Å²) in [6.07, 6.45) is 2.41. The zero-order valence-electron chi connectivity index (χ0n) is 15.1. The maximum atomic E-state index is 11.6. The van der Waals surface area contributed by atoms with Crippen LogP contribution in [0.25, 0.3) is 0 Å². The standard InChI is InChI=1S/C16H29N3O2SSi/c1-16(2,3)23(5,6)21-12-7-9-19(10-8-12)15-18-13(11-22-15)14(20)17-4/h11-12H,7-10H2,1-6H3,(H,17,20). The van der Waals surface area contributed by atoms with E-state index in [1.54, 1.807) is 18.4 Å². The molecule has 1 N–H and O–H groups in total. The molecule has 5 nitrogen and oxygen atoms in total. The average molecular weight is 356 g/mol. The van der Waals surface area contributed by atoms with Crippen molar-refractivity contribution >= 4 is 30.7 Å². The lowest BCUT2D eigenvalue weighted by Crippen LogP contribution is -2.47. The predicted octanol–water partition coefficient (Wildman–Crippen LogP) is 3.49. The molecule has 0 radical (unpaired) electrons. The van der Waals surface area contributed by atoms with Gasteiger partial charge in [0.15, 0.2) is 13.4 Å². The molecule has 2 heterocycles. The van der Waals surface area contributed by atoms with Gasteiger partial charge in [0, 0.05) is 31.6 Å². The molecule has 1 saturated heterocycles. The van der Waals surface area contributed by atoms with Gasteiger partial charge in [-0.25, -0.2) is 4.98 Å². The number of amides is 1. The van der Waals surface area contributed by atoms with Crippen LogP contribution in [-0.4, -0.2) is 45.4 Å². The molecule has 23 heavy (non-hydrogen) atoms. The monoisotopic (exact) mass is 355 g/mol. The van der Waals surface area contributed by atoms with Gasteiger partial charge in [0.05, 0.1) is 0 Å². The molecular weight excluding hydrogens is 326 g/mol. The minimum absolute atomic E-state index is 0.122. The number of nitrogens with one attached hydrogen (secondary N) is 1. The largest absolute Gasteiger partial charge is 0.414 e. The maximum absolute atomic E-state index is 11.6. The van der Waals surface area contributed by atoms with E-state index in [9.17, 15) is 4.79 Å². The van der Waals surface area contributed by atoms with Crippen molar-refractivity contribution in [3.8, 4) is 0 Å². The second kappa shape index (κ2) is 6.90. The van der Waals surface area contributed by atoms with Gasteiger partial charge in [0.25, 0.3) is 5.91 Å². The first-order valence-corrected chi connectivity index (χ1v) is 12.0. The van der Waals surface area contributed by atoms with E-state index >= 15 is 0 Å². The zero-order chi connectivity index (χ0) is 17.3. The van der Waals surface area contributed by atoms with Gasteiger partial charge in [-0.2, -0.15) is 0 Å². The molecule has 0 spiro atoms. The molecule has 0 atom stereocenters. The van der Waals surface area contributed by atoms with Crippen molar-refractivity contribution in [1.82, 2.24) is 10.3 Å². The van der Waals surface area contributed by atoms with Gasteiger partial charge in [-0.3, -0.25) is 4.79 Å². The van der Waals surface area contributed by atoms with Crippen molar-refractivity contribution in [2.24, 2.45) is 0 Å². The Morgan fingerprint density at radius 1 is 1.39 bits per heavy atom. The van der Waals surface area contributed by atoms with E-state index in [0.29, 0.717) is 11.8 Å². The summed E-state index contributed by atoms with van der Waals surface area (Å²) in [4.78, 5) is 18.3. The van der Waals surface area contributed by atoms with E-state index in [-0.39, 0.29) is 10.9 Å². The predicted molar refractivity (Wildman–Crippen MR) is 99.0 cm³/mol. The van der Waals surface area contributed by atoms with Crippen LogP contribution in [0.4, 0.5) is 5.13 Å². The molecule has 1 aromatic rings. The second-order valence-electron chi connectivity index (χ2n) is 7.66. The summed E-state index contributed by atoms with van der Waals surface area (Å²) < 4.78 is 6.52. The summed E-state index contributed by atoms with van der Waals surface area (Å²) in [6.45, 7) is 13.4. The summed E-state index contributed by atoms with van der Waals surface area (Å²) in [7, 11) is -0.0638. The minimum Gasteiger partial charge on any atom is -0.414 e. The third-order valence-electron chi connectivity index (χ3n) is 4.93. The molecule has 0 aliphatic carbocycles. The Hall–Kier alpha value is -0.923. The van der Waals surface area contributed by atoms with E-state index in [4.69, 9.17) is 4.43 Å². The average Bonchev–Trinajstić information content (AvgIpc) is 2.95. The molecule has 1 aliphatic heterocycles. The number of nitrogens with zero attached hydrogens (tertiary/aromatic N) is 2. The van der Waals surface area contributed by atoms with Crippen molar-refractivity contribution < 1.29 is 9.22 Å². The van der Waals surface area contributed by atoms with Crippen LogP contribution in [0.15, 0.2) is 5.38 Å². The summed E-state index contributed by atoms with van der Waals surface area (Å²) >= 11 is 1.54. The molecule has 0 unspecified atom stereocenters. The van der Waals surface area contributed by atoms with Crippen LogP contribution in [0.2, 0.25) is 18.1 Å². The molecule has 1 aromatic heterocycles.